The van der Waals surface area contributed by atoms with Crippen LogP contribution in [-0.4, -0.2) is 17.8 Å². The molecule has 3 aromatic carbocycles. The van der Waals surface area contributed by atoms with Crippen molar-refractivity contribution in [2.24, 2.45) is 0 Å². The summed E-state index contributed by atoms with van der Waals surface area (Å²) in [6, 6.07) is 21.3. The first-order chi connectivity index (χ1) is 17.2. The van der Waals surface area contributed by atoms with Crippen LogP contribution < -0.4 is 9.47 Å². The lowest BCUT2D eigenvalue weighted by Gasteiger charge is -2.21. The number of hydrogen-bond donors (Lipinski definition) is 1. The van der Waals surface area contributed by atoms with Gasteiger partial charge in [-0.15, -0.1) is 0 Å². The summed E-state index contributed by atoms with van der Waals surface area (Å²) in [6.07, 6.45) is 4.24. The van der Waals surface area contributed by atoms with Gasteiger partial charge in [0.15, 0.2) is 0 Å². The summed E-state index contributed by atoms with van der Waals surface area (Å²) in [6.45, 7) is 12.9. The predicted octanol–water partition coefficient (Wildman–Crippen LogP) is 8.48. The van der Waals surface area contributed by atoms with Crippen molar-refractivity contribution in [2.75, 3.05) is 6.61 Å². The molecule has 36 heavy (non-hydrogen) atoms. The zero-order chi connectivity index (χ0) is 25.9. The highest BCUT2D eigenvalue weighted by Crippen LogP contribution is 2.43. The summed E-state index contributed by atoms with van der Waals surface area (Å²) in [7, 11) is 0. The molecule has 1 aliphatic heterocycles. The molecule has 192 valence electrons. The molecule has 0 aliphatic carbocycles. The Morgan fingerprint density at radius 3 is 2.33 bits per heavy atom. The van der Waals surface area contributed by atoms with Gasteiger partial charge in [0.25, 0.3) is 0 Å². The summed E-state index contributed by atoms with van der Waals surface area (Å²) in [5.41, 5.74) is 8.37. The second-order valence-electron chi connectivity index (χ2n) is 10.5. The van der Waals surface area contributed by atoms with E-state index in [0.29, 0.717) is 6.61 Å². The van der Waals surface area contributed by atoms with E-state index in [1.54, 1.807) is 0 Å². The minimum absolute atomic E-state index is 0. The first-order valence-electron chi connectivity index (χ1n) is 13.3. The van der Waals surface area contributed by atoms with Crippen LogP contribution in [0.3, 0.4) is 0 Å². The van der Waals surface area contributed by atoms with E-state index in [1.165, 1.54) is 27.8 Å². The van der Waals surface area contributed by atoms with Gasteiger partial charge in [0.2, 0.25) is 0 Å². The molecule has 0 saturated carbocycles. The van der Waals surface area contributed by atoms with Crippen LogP contribution in [-0.2, 0) is 5.60 Å². The fraction of sp³-hybridized carbons (Fsp3) is 0.394. The molecule has 1 aliphatic rings. The van der Waals surface area contributed by atoms with Crippen LogP contribution in [0.25, 0.3) is 11.1 Å². The van der Waals surface area contributed by atoms with Crippen LogP contribution in [0.2, 0.25) is 0 Å². The molecular formula is C33H42O3. The van der Waals surface area contributed by atoms with Crippen LogP contribution in [0, 0.1) is 13.8 Å². The molecule has 3 nitrogen and oxygen atoms in total. The van der Waals surface area contributed by atoms with E-state index in [-0.39, 0.29) is 7.53 Å². The molecule has 0 amide bonds. The SMILES string of the molecule is CCC[C@@H](CC)Oc1ccc(C2=C(c3ccc(C)cc3C)CCOc3cc(C(C)(C)O)ccc32)cc1.[HH]. The lowest BCUT2D eigenvalue weighted by molar-refractivity contribution is 0.0782. The van der Waals surface area contributed by atoms with Gasteiger partial charge in [-0.2, -0.15) is 0 Å². The average Bonchev–Trinajstić information content (AvgIpc) is 3.03. The third-order valence-corrected chi connectivity index (χ3v) is 7.09. The number of hydrogen-bond acceptors (Lipinski definition) is 3. The molecule has 3 heteroatoms. The first kappa shape index (κ1) is 26.0. The van der Waals surface area contributed by atoms with Crippen molar-refractivity contribution in [1.29, 1.82) is 0 Å². The number of fused-ring (bicyclic) bond motifs is 1. The summed E-state index contributed by atoms with van der Waals surface area (Å²) in [5, 5.41) is 10.6. The molecule has 0 spiro atoms. The van der Waals surface area contributed by atoms with Crippen LogP contribution in [0.4, 0.5) is 0 Å². The quantitative estimate of drug-likeness (QED) is 0.347. The number of rotatable bonds is 8. The monoisotopic (exact) mass is 486 g/mol. The highest BCUT2D eigenvalue weighted by molar-refractivity contribution is 6.01. The number of benzene rings is 3. The Balaban J connectivity index is 0.00000380. The van der Waals surface area contributed by atoms with Crippen molar-refractivity contribution >= 4 is 11.1 Å². The van der Waals surface area contributed by atoms with Gasteiger partial charge in [0.1, 0.15) is 11.5 Å². The second kappa shape index (κ2) is 10.9. The van der Waals surface area contributed by atoms with Crippen molar-refractivity contribution in [3.05, 3.63) is 94.0 Å². The van der Waals surface area contributed by atoms with Gasteiger partial charge in [0.05, 0.1) is 18.3 Å². The molecule has 0 fully saturated rings. The topological polar surface area (TPSA) is 38.7 Å². The van der Waals surface area contributed by atoms with Crippen LogP contribution in [0.5, 0.6) is 11.5 Å². The summed E-state index contributed by atoms with van der Waals surface area (Å²) in [5.74, 6) is 1.73. The minimum Gasteiger partial charge on any atom is -0.493 e. The van der Waals surface area contributed by atoms with E-state index >= 15 is 0 Å². The Bertz CT molecular complexity index is 1240. The Morgan fingerprint density at radius 1 is 0.972 bits per heavy atom. The van der Waals surface area contributed by atoms with Crippen LogP contribution >= 0.6 is 0 Å². The summed E-state index contributed by atoms with van der Waals surface area (Å²) < 4.78 is 12.6. The highest BCUT2D eigenvalue weighted by Gasteiger charge is 2.25. The molecule has 1 heterocycles. The molecule has 0 bridgehead atoms. The lowest BCUT2D eigenvalue weighted by atomic mass is 9.85. The molecule has 0 saturated heterocycles. The van der Waals surface area contributed by atoms with Gasteiger partial charge >= 0.3 is 0 Å². The van der Waals surface area contributed by atoms with Crippen molar-refractivity contribution < 1.29 is 16.0 Å². The summed E-state index contributed by atoms with van der Waals surface area (Å²) >= 11 is 0. The predicted molar refractivity (Wildman–Crippen MR) is 152 cm³/mol. The fourth-order valence-corrected chi connectivity index (χ4v) is 5.09. The average molecular weight is 487 g/mol. The zero-order valence-electron chi connectivity index (χ0n) is 22.7. The Hall–Kier alpha value is -3.04. The number of ether oxygens (including phenoxy) is 2. The van der Waals surface area contributed by atoms with E-state index in [2.05, 4.69) is 76.2 Å². The van der Waals surface area contributed by atoms with Crippen molar-refractivity contribution in [1.82, 2.24) is 0 Å². The van der Waals surface area contributed by atoms with E-state index < -0.39 is 5.60 Å². The molecule has 0 aromatic heterocycles. The first-order valence-corrected chi connectivity index (χ1v) is 13.3. The highest BCUT2D eigenvalue weighted by atomic mass is 16.5. The Morgan fingerprint density at radius 2 is 1.69 bits per heavy atom. The lowest BCUT2D eigenvalue weighted by Crippen LogP contribution is -2.15. The summed E-state index contributed by atoms with van der Waals surface area (Å²) in [4.78, 5) is 0. The van der Waals surface area contributed by atoms with Crippen molar-refractivity contribution in [3.63, 3.8) is 0 Å². The van der Waals surface area contributed by atoms with Gasteiger partial charge in [-0.25, -0.2) is 0 Å². The minimum atomic E-state index is -0.932. The third-order valence-electron chi connectivity index (χ3n) is 7.09. The van der Waals surface area contributed by atoms with Crippen molar-refractivity contribution in [3.8, 4) is 11.5 Å². The standard InChI is InChI=1S/C33H40O3.H2/c1-7-9-26(8-2)36-27-14-11-24(12-15-27)32-29(28-16-10-22(3)20-23(28)4)18-19-35-31-21-25(33(5,6)34)13-17-30(31)32;/h10-17,20-21,26,34H,7-9,18-19H2,1-6H3;1H/t26-;/m1./s1. The molecular weight excluding hydrogens is 444 g/mol. The van der Waals surface area contributed by atoms with Gasteiger partial charge in [-0.3, -0.25) is 0 Å². The van der Waals surface area contributed by atoms with E-state index in [9.17, 15) is 5.11 Å². The molecule has 1 atom stereocenters. The maximum atomic E-state index is 10.6. The van der Waals surface area contributed by atoms with Gasteiger partial charge in [-0.05, 0) is 92.1 Å². The smallest absolute Gasteiger partial charge is 0.127 e. The molecule has 0 unspecified atom stereocenters. The van der Waals surface area contributed by atoms with Crippen LogP contribution in [0.1, 0.15) is 88.2 Å². The maximum Gasteiger partial charge on any atom is 0.127 e. The van der Waals surface area contributed by atoms with Gasteiger partial charge in [0, 0.05) is 13.4 Å². The van der Waals surface area contributed by atoms with E-state index in [4.69, 9.17) is 9.47 Å². The van der Waals surface area contributed by atoms with Gasteiger partial charge < -0.3 is 14.6 Å². The molecule has 4 rings (SSSR count). The third kappa shape index (κ3) is 5.68. The molecule has 1 N–H and O–H groups in total. The Kier molecular flexibility index (Phi) is 7.90. The van der Waals surface area contributed by atoms with Crippen LogP contribution in [0.15, 0.2) is 60.7 Å². The van der Waals surface area contributed by atoms with E-state index in [0.717, 1.165) is 53.9 Å². The fourth-order valence-electron chi connectivity index (χ4n) is 5.09. The number of aliphatic hydroxyl groups is 1. The molecule has 0 radical (unpaired) electrons. The van der Waals surface area contributed by atoms with Crippen molar-refractivity contribution in [2.45, 2.75) is 78.9 Å². The largest absolute Gasteiger partial charge is 0.493 e. The second-order valence-corrected chi connectivity index (χ2v) is 10.5. The Labute approximate surface area is 218 Å². The maximum absolute atomic E-state index is 10.6. The van der Waals surface area contributed by atoms with E-state index in [1.807, 2.05) is 26.0 Å². The molecule has 3 aromatic rings. The van der Waals surface area contributed by atoms with Gasteiger partial charge in [-0.1, -0.05) is 68.3 Å². The zero-order valence-corrected chi connectivity index (χ0v) is 22.7. The number of aryl methyl sites for hydroxylation is 2. The normalized spacial score (nSPS) is 14.6.